The molecule has 25 heavy (non-hydrogen) atoms. The van der Waals surface area contributed by atoms with E-state index in [0.717, 1.165) is 82.9 Å². The molecule has 0 spiro atoms. The largest absolute Gasteiger partial charge is 0.379 e. The first-order valence-electron chi connectivity index (χ1n) is 9.84. The Bertz CT molecular complexity index is 566. The van der Waals surface area contributed by atoms with Gasteiger partial charge in [0.05, 0.1) is 25.0 Å². The maximum Gasteiger partial charge on any atom is 0.257 e. The number of amides is 1. The number of rotatable bonds is 6. The van der Waals surface area contributed by atoms with Crippen LogP contribution in [0.15, 0.2) is 6.20 Å². The van der Waals surface area contributed by atoms with E-state index in [1.807, 2.05) is 11.6 Å². The van der Waals surface area contributed by atoms with Crippen molar-refractivity contribution < 1.29 is 9.53 Å². The number of carbonyl (C=O) groups is 1. The molecule has 0 aromatic carbocycles. The number of aryl methyl sites for hydroxylation is 1. The molecule has 0 unspecified atom stereocenters. The van der Waals surface area contributed by atoms with Gasteiger partial charge in [-0.1, -0.05) is 6.92 Å². The van der Waals surface area contributed by atoms with Crippen molar-refractivity contribution in [3.05, 3.63) is 17.5 Å². The molecule has 2 aliphatic rings. The Morgan fingerprint density at radius 2 is 2.04 bits per heavy atom. The summed E-state index contributed by atoms with van der Waals surface area (Å²) in [6.07, 6.45) is 7.32. The number of likely N-dealkylation sites (tertiary alicyclic amines) is 1. The van der Waals surface area contributed by atoms with E-state index in [1.54, 1.807) is 6.20 Å². The Labute approximate surface area is 151 Å². The third-order valence-electron chi connectivity index (χ3n) is 5.54. The van der Waals surface area contributed by atoms with Crippen LogP contribution in [-0.4, -0.2) is 70.9 Å². The van der Waals surface area contributed by atoms with Gasteiger partial charge in [0.2, 0.25) is 0 Å². The van der Waals surface area contributed by atoms with Gasteiger partial charge in [0.25, 0.3) is 5.91 Å². The molecule has 6 nitrogen and oxygen atoms in total. The topological polar surface area (TPSA) is 50.6 Å². The Hall–Kier alpha value is -1.40. The zero-order valence-electron chi connectivity index (χ0n) is 15.7. The molecule has 140 valence electrons. The molecule has 0 N–H and O–H groups in total. The number of ether oxygens (including phenoxy) is 1. The molecule has 3 rings (SSSR count). The highest BCUT2D eigenvalue weighted by Crippen LogP contribution is 2.23. The first kappa shape index (κ1) is 18.4. The van der Waals surface area contributed by atoms with Crippen LogP contribution in [-0.2, 0) is 11.3 Å². The quantitative estimate of drug-likeness (QED) is 0.792. The lowest BCUT2D eigenvalue weighted by Crippen LogP contribution is -2.46. The summed E-state index contributed by atoms with van der Waals surface area (Å²) in [5.41, 5.74) is 1.79. The highest BCUT2D eigenvalue weighted by molar-refractivity contribution is 5.95. The monoisotopic (exact) mass is 348 g/mol. The second-order valence-corrected chi connectivity index (χ2v) is 7.26. The average molecular weight is 348 g/mol. The maximum absolute atomic E-state index is 13.1. The molecule has 0 saturated carbocycles. The van der Waals surface area contributed by atoms with Crippen LogP contribution in [0.25, 0.3) is 0 Å². The molecule has 0 aliphatic carbocycles. The summed E-state index contributed by atoms with van der Waals surface area (Å²) in [7, 11) is 0. The SMILES string of the molecule is CCCn1ncc(C(=O)N2CCCC[C@H]2CCN2CCOCC2)c1C. The van der Waals surface area contributed by atoms with Crippen LogP contribution in [0.3, 0.4) is 0 Å². The standard InChI is InChI=1S/C19H32N4O2/c1-3-8-23-16(2)18(15-20-23)19(24)22-9-5-4-6-17(22)7-10-21-11-13-25-14-12-21/h15,17H,3-14H2,1-2H3/t17-/m0/s1. The van der Waals surface area contributed by atoms with E-state index in [-0.39, 0.29) is 5.91 Å². The Kier molecular flexibility index (Phi) is 6.48. The predicted octanol–water partition coefficient (Wildman–Crippen LogP) is 2.32. The molecule has 2 aliphatic heterocycles. The van der Waals surface area contributed by atoms with E-state index in [9.17, 15) is 4.79 Å². The van der Waals surface area contributed by atoms with E-state index >= 15 is 0 Å². The van der Waals surface area contributed by atoms with Gasteiger partial charge in [-0.05, 0) is 39.0 Å². The second-order valence-electron chi connectivity index (χ2n) is 7.26. The molecule has 3 heterocycles. The molecule has 2 fully saturated rings. The van der Waals surface area contributed by atoms with Crippen molar-refractivity contribution in [1.82, 2.24) is 19.6 Å². The molecular weight excluding hydrogens is 316 g/mol. The second kappa shape index (κ2) is 8.81. The van der Waals surface area contributed by atoms with E-state index in [1.165, 1.54) is 6.42 Å². The molecule has 0 radical (unpaired) electrons. The molecule has 6 heteroatoms. The minimum Gasteiger partial charge on any atom is -0.379 e. The summed E-state index contributed by atoms with van der Waals surface area (Å²) in [6.45, 7) is 10.7. The molecule has 1 aromatic rings. The summed E-state index contributed by atoms with van der Waals surface area (Å²) >= 11 is 0. The van der Waals surface area contributed by atoms with Gasteiger partial charge in [-0.15, -0.1) is 0 Å². The number of hydrogen-bond acceptors (Lipinski definition) is 4. The normalized spacial score (nSPS) is 22.3. The molecule has 2 saturated heterocycles. The average Bonchev–Trinajstić information content (AvgIpc) is 3.01. The van der Waals surface area contributed by atoms with Crippen LogP contribution >= 0.6 is 0 Å². The first-order chi connectivity index (χ1) is 12.2. The maximum atomic E-state index is 13.1. The van der Waals surface area contributed by atoms with Crippen molar-refractivity contribution in [1.29, 1.82) is 0 Å². The van der Waals surface area contributed by atoms with Gasteiger partial charge in [0.1, 0.15) is 0 Å². The minimum atomic E-state index is 0.173. The zero-order chi connectivity index (χ0) is 17.6. The van der Waals surface area contributed by atoms with Crippen LogP contribution in [0.1, 0.15) is 55.1 Å². The van der Waals surface area contributed by atoms with Crippen LogP contribution in [0.4, 0.5) is 0 Å². The highest BCUT2D eigenvalue weighted by Gasteiger charge is 2.29. The number of carbonyl (C=O) groups excluding carboxylic acids is 1. The van der Waals surface area contributed by atoms with Gasteiger partial charge in [0, 0.05) is 44.5 Å². The van der Waals surface area contributed by atoms with E-state index in [4.69, 9.17) is 4.74 Å². The number of hydrogen-bond donors (Lipinski definition) is 0. The van der Waals surface area contributed by atoms with Gasteiger partial charge in [-0.2, -0.15) is 5.10 Å². The van der Waals surface area contributed by atoms with Gasteiger partial charge in [-0.25, -0.2) is 0 Å². The number of nitrogens with zero attached hydrogens (tertiary/aromatic N) is 4. The number of piperidine rings is 1. The predicted molar refractivity (Wildman–Crippen MR) is 97.8 cm³/mol. The summed E-state index contributed by atoms with van der Waals surface area (Å²) < 4.78 is 7.39. The van der Waals surface area contributed by atoms with Crippen molar-refractivity contribution in [2.45, 2.75) is 58.5 Å². The first-order valence-corrected chi connectivity index (χ1v) is 9.84. The molecule has 1 atom stereocenters. The summed E-state index contributed by atoms with van der Waals surface area (Å²) in [5.74, 6) is 0.173. The smallest absolute Gasteiger partial charge is 0.257 e. The third-order valence-corrected chi connectivity index (χ3v) is 5.54. The summed E-state index contributed by atoms with van der Waals surface area (Å²) in [4.78, 5) is 17.7. The van der Waals surface area contributed by atoms with E-state index < -0.39 is 0 Å². The summed E-state index contributed by atoms with van der Waals surface area (Å²) in [5, 5.41) is 4.41. The summed E-state index contributed by atoms with van der Waals surface area (Å²) in [6, 6.07) is 0.359. The van der Waals surface area contributed by atoms with E-state index in [2.05, 4.69) is 21.8 Å². The lowest BCUT2D eigenvalue weighted by atomic mass is 9.98. The highest BCUT2D eigenvalue weighted by atomic mass is 16.5. The molecule has 1 aromatic heterocycles. The van der Waals surface area contributed by atoms with Gasteiger partial charge in [0.15, 0.2) is 0 Å². The van der Waals surface area contributed by atoms with Crippen LogP contribution < -0.4 is 0 Å². The van der Waals surface area contributed by atoms with Crippen LogP contribution in [0.2, 0.25) is 0 Å². The Morgan fingerprint density at radius 3 is 2.80 bits per heavy atom. The van der Waals surface area contributed by atoms with E-state index in [0.29, 0.717) is 6.04 Å². The van der Waals surface area contributed by atoms with Crippen LogP contribution in [0, 0.1) is 6.92 Å². The number of aromatic nitrogens is 2. The third kappa shape index (κ3) is 4.42. The van der Waals surface area contributed by atoms with Crippen molar-refractivity contribution in [2.24, 2.45) is 0 Å². The van der Waals surface area contributed by atoms with Crippen LogP contribution in [0.5, 0.6) is 0 Å². The fourth-order valence-corrected chi connectivity index (χ4v) is 3.97. The molecule has 0 bridgehead atoms. The van der Waals surface area contributed by atoms with Crippen molar-refractivity contribution >= 4 is 5.91 Å². The van der Waals surface area contributed by atoms with Gasteiger partial charge >= 0.3 is 0 Å². The molecular formula is C19H32N4O2. The van der Waals surface area contributed by atoms with Crippen molar-refractivity contribution in [2.75, 3.05) is 39.4 Å². The lowest BCUT2D eigenvalue weighted by Gasteiger charge is -2.37. The zero-order valence-corrected chi connectivity index (χ0v) is 15.7. The Morgan fingerprint density at radius 1 is 1.24 bits per heavy atom. The minimum absolute atomic E-state index is 0.173. The fraction of sp³-hybridized carbons (Fsp3) is 0.789. The van der Waals surface area contributed by atoms with Crippen molar-refractivity contribution in [3.8, 4) is 0 Å². The number of morpholine rings is 1. The van der Waals surface area contributed by atoms with Gasteiger partial charge in [-0.3, -0.25) is 14.4 Å². The fourth-order valence-electron chi connectivity index (χ4n) is 3.97. The lowest BCUT2D eigenvalue weighted by molar-refractivity contribution is 0.0295. The van der Waals surface area contributed by atoms with Crippen molar-refractivity contribution in [3.63, 3.8) is 0 Å². The molecule has 1 amide bonds. The van der Waals surface area contributed by atoms with Gasteiger partial charge < -0.3 is 9.64 Å². The Balaban J connectivity index is 1.64.